The van der Waals surface area contributed by atoms with Gasteiger partial charge in [0, 0.05) is 11.8 Å². The average molecular weight is 310 g/mol. The van der Waals surface area contributed by atoms with Crippen molar-refractivity contribution in [2.24, 2.45) is 0 Å². The molecule has 0 fully saturated rings. The van der Waals surface area contributed by atoms with Crippen molar-refractivity contribution < 1.29 is 23.0 Å². The van der Waals surface area contributed by atoms with Gasteiger partial charge in [-0.15, -0.1) is 0 Å². The van der Waals surface area contributed by atoms with Crippen LogP contribution in [-0.2, 0) is 16.0 Å². The summed E-state index contributed by atoms with van der Waals surface area (Å²) in [5.41, 5.74) is -0.105. The lowest BCUT2D eigenvalue weighted by atomic mass is 10.1. The van der Waals surface area contributed by atoms with Crippen LogP contribution in [0.15, 0.2) is 10.8 Å². The van der Waals surface area contributed by atoms with E-state index in [1.807, 2.05) is 0 Å². The van der Waals surface area contributed by atoms with Crippen LogP contribution in [0.25, 0.3) is 0 Å². The molecule has 1 aromatic rings. The Morgan fingerprint density at radius 3 is 2.65 bits per heavy atom. The van der Waals surface area contributed by atoms with E-state index in [1.165, 1.54) is 14.2 Å². The fourth-order valence-corrected chi connectivity index (χ4v) is 1.72. The molecule has 0 spiro atoms. The van der Waals surface area contributed by atoms with E-state index in [2.05, 4.69) is 25.7 Å². The fraction of sp³-hybridized carbons (Fsp3) is 0.400. The number of halogens is 3. The maximum absolute atomic E-state index is 12.7. The van der Waals surface area contributed by atoms with Gasteiger partial charge in [-0.25, -0.2) is 13.8 Å². The molecule has 0 saturated heterocycles. The van der Waals surface area contributed by atoms with Crippen LogP contribution in [0.1, 0.15) is 17.6 Å². The molecular weight excluding hydrogens is 300 g/mol. The molecule has 0 saturated carbocycles. The standard InChI is InChI=1S/C10H10BrF2NO3/c1-16-7(15)3-5-8(17-2)6(10(12)13)4-14-9(5)11/h4,10H,3H2,1-2H3. The molecule has 0 aliphatic heterocycles. The number of pyridine rings is 1. The lowest BCUT2D eigenvalue weighted by molar-refractivity contribution is -0.139. The van der Waals surface area contributed by atoms with Crippen LogP contribution < -0.4 is 4.74 Å². The Kier molecular flexibility index (Phi) is 4.80. The van der Waals surface area contributed by atoms with Crippen LogP contribution in [0.3, 0.4) is 0 Å². The van der Waals surface area contributed by atoms with Gasteiger partial charge in [-0.3, -0.25) is 4.79 Å². The highest BCUT2D eigenvalue weighted by molar-refractivity contribution is 9.10. The molecule has 17 heavy (non-hydrogen) atoms. The summed E-state index contributed by atoms with van der Waals surface area (Å²) in [6, 6.07) is 0. The summed E-state index contributed by atoms with van der Waals surface area (Å²) in [5, 5.41) is 0. The van der Waals surface area contributed by atoms with Gasteiger partial charge in [0.2, 0.25) is 0 Å². The second kappa shape index (κ2) is 5.90. The number of esters is 1. The van der Waals surface area contributed by atoms with E-state index in [4.69, 9.17) is 4.74 Å². The fourth-order valence-electron chi connectivity index (χ4n) is 1.30. The van der Waals surface area contributed by atoms with Crippen molar-refractivity contribution in [1.82, 2.24) is 4.98 Å². The first kappa shape index (κ1) is 13.8. The van der Waals surface area contributed by atoms with Crippen LogP contribution in [0, 0.1) is 0 Å². The topological polar surface area (TPSA) is 48.4 Å². The predicted molar refractivity (Wildman–Crippen MR) is 59.2 cm³/mol. The zero-order chi connectivity index (χ0) is 13.0. The van der Waals surface area contributed by atoms with E-state index < -0.39 is 12.4 Å². The van der Waals surface area contributed by atoms with E-state index in [1.54, 1.807) is 0 Å². The molecule has 0 amide bonds. The van der Waals surface area contributed by atoms with Crippen LogP contribution in [0.4, 0.5) is 8.78 Å². The summed E-state index contributed by atoms with van der Waals surface area (Å²) < 4.78 is 35.1. The van der Waals surface area contributed by atoms with Gasteiger partial charge in [0.05, 0.1) is 26.2 Å². The second-order valence-corrected chi connectivity index (χ2v) is 3.82. The maximum atomic E-state index is 12.7. The second-order valence-electron chi connectivity index (χ2n) is 3.07. The molecule has 0 unspecified atom stereocenters. The van der Waals surface area contributed by atoms with Gasteiger partial charge in [-0.2, -0.15) is 0 Å². The van der Waals surface area contributed by atoms with E-state index in [0.29, 0.717) is 0 Å². The van der Waals surface area contributed by atoms with E-state index in [0.717, 1.165) is 6.20 Å². The first-order valence-corrected chi connectivity index (χ1v) is 5.36. The van der Waals surface area contributed by atoms with E-state index in [-0.39, 0.29) is 27.9 Å². The van der Waals surface area contributed by atoms with Crippen molar-refractivity contribution in [2.75, 3.05) is 14.2 Å². The number of rotatable bonds is 4. The average Bonchev–Trinajstić information content (AvgIpc) is 2.30. The minimum atomic E-state index is -2.72. The number of hydrogen-bond acceptors (Lipinski definition) is 4. The third kappa shape index (κ3) is 3.12. The minimum absolute atomic E-state index is 0.0488. The third-order valence-electron chi connectivity index (χ3n) is 2.09. The molecule has 94 valence electrons. The number of carbonyl (C=O) groups excluding carboxylic acids is 1. The van der Waals surface area contributed by atoms with Crippen molar-refractivity contribution >= 4 is 21.9 Å². The summed E-state index contributed by atoms with van der Waals surface area (Å²) >= 11 is 3.09. The largest absolute Gasteiger partial charge is 0.496 e. The third-order valence-corrected chi connectivity index (χ3v) is 2.77. The molecule has 0 radical (unpaired) electrons. The molecule has 0 aromatic carbocycles. The smallest absolute Gasteiger partial charge is 0.310 e. The Hall–Kier alpha value is -1.24. The highest BCUT2D eigenvalue weighted by Gasteiger charge is 2.22. The molecule has 1 heterocycles. The highest BCUT2D eigenvalue weighted by Crippen LogP contribution is 2.35. The zero-order valence-electron chi connectivity index (χ0n) is 9.17. The summed E-state index contributed by atoms with van der Waals surface area (Å²) in [4.78, 5) is 14.9. The van der Waals surface area contributed by atoms with Crippen molar-refractivity contribution in [2.45, 2.75) is 12.8 Å². The Balaban J connectivity index is 3.25. The minimum Gasteiger partial charge on any atom is -0.496 e. The first-order chi connectivity index (χ1) is 8.01. The molecule has 4 nitrogen and oxygen atoms in total. The van der Waals surface area contributed by atoms with Crippen LogP contribution in [0.5, 0.6) is 5.75 Å². The van der Waals surface area contributed by atoms with E-state index in [9.17, 15) is 13.6 Å². The Morgan fingerprint density at radius 2 is 2.18 bits per heavy atom. The number of alkyl halides is 2. The molecular formula is C10H10BrF2NO3. The Bertz CT molecular complexity index is 426. The normalized spacial score (nSPS) is 10.5. The number of methoxy groups -OCH3 is 2. The van der Waals surface area contributed by atoms with E-state index >= 15 is 0 Å². The van der Waals surface area contributed by atoms with Gasteiger partial charge in [-0.05, 0) is 15.9 Å². The van der Waals surface area contributed by atoms with Gasteiger partial charge in [0.25, 0.3) is 6.43 Å². The first-order valence-electron chi connectivity index (χ1n) is 4.57. The summed E-state index contributed by atoms with van der Waals surface area (Å²) in [6.45, 7) is 0. The van der Waals surface area contributed by atoms with Crippen molar-refractivity contribution in [1.29, 1.82) is 0 Å². The number of ether oxygens (including phenoxy) is 2. The SMILES string of the molecule is COC(=O)Cc1c(Br)ncc(C(F)F)c1OC. The van der Waals surface area contributed by atoms with Gasteiger partial charge >= 0.3 is 5.97 Å². The molecule has 7 heteroatoms. The monoisotopic (exact) mass is 309 g/mol. The number of hydrogen-bond donors (Lipinski definition) is 0. The molecule has 0 aliphatic rings. The van der Waals surface area contributed by atoms with Crippen molar-refractivity contribution in [3.05, 3.63) is 21.9 Å². The highest BCUT2D eigenvalue weighted by atomic mass is 79.9. The number of nitrogens with zero attached hydrogens (tertiary/aromatic N) is 1. The van der Waals surface area contributed by atoms with Gasteiger partial charge in [-0.1, -0.05) is 0 Å². The predicted octanol–water partition coefficient (Wildman–Crippen LogP) is 2.51. The van der Waals surface area contributed by atoms with Crippen LogP contribution in [0.2, 0.25) is 0 Å². The summed E-state index contributed by atoms with van der Waals surface area (Å²) in [5.74, 6) is -0.607. The molecule has 1 rings (SSSR count). The van der Waals surface area contributed by atoms with Crippen molar-refractivity contribution in [3.63, 3.8) is 0 Å². The van der Waals surface area contributed by atoms with Crippen molar-refractivity contribution in [3.8, 4) is 5.75 Å². The lowest BCUT2D eigenvalue weighted by Crippen LogP contribution is -2.09. The Labute approximate surface area is 105 Å². The number of carbonyl (C=O) groups is 1. The molecule has 0 aliphatic carbocycles. The molecule has 0 bridgehead atoms. The lowest BCUT2D eigenvalue weighted by Gasteiger charge is -2.13. The summed E-state index contributed by atoms with van der Waals surface area (Å²) in [6.07, 6.45) is -1.90. The van der Waals surface area contributed by atoms with Gasteiger partial charge in [0.15, 0.2) is 0 Å². The number of aromatic nitrogens is 1. The van der Waals surface area contributed by atoms with Gasteiger partial charge in [0.1, 0.15) is 10.4 Å². The summed E-state index contributed by atoms with van der Waals surface area (Å²) in [7, 11) is 2.47. The van der Waals surface area contributed by atoms with Gasteiger partial charge < -0.3 is 9.47 Å². The zero-order valence-corrected chi connectivity index (χ0v) is 10.8. The van der Waals surface area contributed by atoms with Crippen LogP contribution >= 0.6 is 15.9 Å². The maximum Gasteiger partial charge on any atom is 0.310 e. The molecule has 1 aromatic heterocycles. The molecule has 0 N–H and O–H groups in total. The van der Waals surface area contributed by atoms with Crippen LogP contribution in [-0.4, -0.2) is 25.2 Å². The quantitative estimate of drug-likeness (QED) is 0.633. The molecule has 0 atom stereocenters. The Morgan fingerprint density at radius 1 is 1.53 bits per heavy atom.